The Morgan fingerprint density at radius 2 is 1.90 bits per heavy atom. The summed E-state index contributed by atoms with van der Waals surface area (Å²) in [6, 6.07) is 9.08. The molecule has 154 valence electrons. The lowest BCUT2D eigenvalue weighted by atomic mass is 10.2. The highest BCUT2D eigenvalue weighted by Crippen LogP contribution is 2.21. The molecule has 0 bridgehead atoms. The number of carbonyl (C=O) groups excluding carboxylic acids is 2. The molecule has 0 aliphatic carbocycles. The lowest BCUT2D eigenvalue weighted by Crippen LogP contribution is -2.38. The van der Waals surface area contributed by atoms with E-state index < -0.39 is 0 Å². The topological polar surface area (TPSA) is 74.8 Å². The summed E-state index contributed by atoms with van der Waals surface area (Å²) in [6.45, 7) is 5.21. The second kappa shape index (κ2) is 9.91. The second-order valence-electron chi connectivity index (χ2n) is 6.51. The van der Waals surface area contributed by atoms with Gasteiger partial charge in [-0.2, -0.15) is 0 Å². The number of aromatic nitrogens is 1. The van der Waals surface area contributed by atoms with E-state index in [-0.39, 0.29) is 34.1 Å². The van der Waals surface area contributed by atoms with E-state index in [9.17, 15) is 9.59 Å². The molecule has 1 saturated heterocycles. The first-order valence-corrected chi connectivity index (χ1v) is 10.1. The maximum Gasteiger partial charge on any atom is 0.255 e. The molecule has 0 radical (unpaired) electrons. The Kier molecular flexibility index (Phi) is 7.30. The van der Waals surface area contributed by atoms with Gasteiger partial charge in [0.15, 0.2) is 0 Å². The lowest BCUT2D eigenvalue weighted by molar-refractivity contribution is -0.116. The average molecular weight is 437 g/mol. The van der Waals surface area contributed by atoms with Crippen LogP contribution in [-0.2, 0) is 9.53 Å². The zero-order chi connectivity index (χ0) is 20.8. The zero-order valence-electron chi connectivity index (χ0n) is 16.0. The first-order chi connectivity index (χ1) is 14.0. The van der Waals surface area contributed by atoms with Crippen LogP contribution in [0.25, 0.3) is 0 Å². The molecule has 9 heteroatoms. The maximum atomic E-state index is 12.6. The minimum atomic E-state index is -0.337. The standard InChI is InChI=1S/C20H22Cl2N4O3/c1-2-25(20(28)14-11-17(21)19(22)23-12-14)13-18(27)24-15-3-5-16(6-4-15)26-7-9-29-10-8-26/h3-6,11-12H,2,7-10,13H2,1H3,(H,24,27). The number of hydrogen-bond donors (Lipinski definition) is 1. The van der Waals surface area contributed by atoms with Gasteiger partial charge in [0.2, 0.25) is 5.91 Å². The van der Waals surface area contributed by atoms with E-state index in [1.54, 1.807) is 6.92 Å². The van der Waals surface area contributed by atoms with E-state index in [1.807, 2.05) is 24.3 Å². The van der Waals surface area contributed by atoms with Crippen LogP contribution in [0.15, 0.2) is 36.5 Å². The number of anilines is 2. The Morgan fingerprint density at radius 1 is 1.21 bits per heavy atom. The molecular formula is C20H22Cl2N4O3. The van der Waals surface area contributed by atoms with E-state index >= 15 is 0 Å². The van der Waals surface area contributed by atoms with Gasteiger partial charge >= 0.3 is 0 Å². The van der Waals surface area contributed by atoms with Gasteiger partial charge in [-0.25, -0.2) is 4.98 Å². The summed E-state index contributed by atoms with van der Waals surface area (Å²) < 4.78 is 5.36. The fourth-order valence-electron chi connectivity index (χ4n) is 3.00. The summed E-state index contributed by atoms with van der Waals surface area (Å²) in [4.78, 5) is 32.6. The van der Waals surface area contributed by atoms with E-state index in [2.05, 4.69) is 15.2 Å². The third kappa shape index (κ3) is 5.59. The largest absolute Gasteiger partial charge is 0.378 e. The van der Waals surface area contributed by atoms with Gasteiger partial charge in [0, 0.05) is 37.2 Å². The highest BCUT2D eigenvalue weighted by atomic mass is 35.5. The number of rotatable bonds is 6. The molecule has 1 N–H and O–H groups in total. The third-order valence-electron chi connectivity index (χ3n) is 4.57. The van der Waals surface area contributed by atoms with Crippen molar-refractivity contribution in [3.8, 4) is 0 Å². The van der Waals surface area contributed by atoms with Gasteiger partial charge in [-0.1, -0.05) is 23.2 Å². The van der Waals surface area contributed by atoms with Crippen LogP contribution in [0.5, 0.6) is 0 Å². The predicted octanol–water partition coefficient (Wildman–Crippen LogP) is 3.33. The van der Waals surface area contributed by atoms with Crippen LogP contribution in [-0.4, -0.2) is 61.1 Å². The van der Waals surface area contributed by atoms with E-state index in [1.165, 1.54) is 17.2 Å². The van der Waals surface area contributed by atoms with Gasteiger partial charge in [0.1, 0.15) is 11.7 Å². The van der Waals surface area contributed by atoms with E-state index in [0.29, 0.717) is 25.4 Å². The molecule has 0 unspecified atom stereocenters. The molecule has 3 rings (SSSR count). The van der Waals surface area contributed by atoms with Crippen molar-refractivity contribution in [1.29, 1.82) is 0 Å². The number of hydrogen-bond acceptors (Lipinski definition) is 5. The smallest absolute Gasteiger partial charge is 0.255 e. The highest BCUT2D eigenvalue weighted by molar-refractivity contribution is 6.41. The van der Waals surface area contributed by atoms with E-state index in [0.717, 1.165) is 18.8 Å². The molecule has 29 heavy (non-hydrogen) atoms. The molecule has 2 amide bonds. The molecule has 1 aliphatic rings. The molecule has 1 aromatic carbocycles. The number of ether oxygens (including phenoxy) is 1. The van der Waals surface area contributed by atoms with Crippen LogP contribution >= 0.6 is 23.2 Å². The Balaban J connectivity index is 1.59. The number of pyridine rings is 1. The fourth-order valence-corrected chi connectivity index (χ4v) is 3.27. The molecule has 2 heterocycles. The van der Waals surface area contributed by atoms with Gasteiger partial charge in [-0.3, -0.25) is 9.59 Å². The molecule has 0 saturated carbocycles. The van der Waals surface area contributed by atoms with Crippen LogP contribution in [0.1, 0.15) is 17.3 Å². The maximum absolute atomic E-state index is 12.6. The Morgan fingerprint density at radius 3 is 2.52 bits per heavy atom. The number of morpholine rings is 1. The predicted molar refractivity (Wildman–Crippen MR) is 114 cm³/mol. The number of nitrogens with one attached hydrogen (secondary N) is 1. The van der Waals surface area contributed by atoms with Gasteiger partial charge in [0.05, 0.1) is 23.8 Å². The van der Waals surface area contributed by atoms with Crippen LogP contribution in [0.3, 0.4) is 0 Å². The quantitative estimate of drug-likeness (QED) is 0.702. The lowest BCUT2D eigenvalue weighted by Gasteiger charge is -2.29. The first kappa shape index (κ1) is 21.4. The molecule has 1 aromatic heterocycles. The Hall–Kier alpha value is -2.35. The van der Waals surface area contributed by atoms with Crippen molar-refractivity contribution in [2.45, 2.75) is 6.92 Å². The summed E-state index contributed by atoms with van der Waals surface area (Å²) in [7, 11) is 0. The van der Waals surface area contributed by atoms with Crippen LogP contribution in [0.2, 0.25) is 10.2 Å². The minimum absolute atomic E-state index is 0.0825. The summed E-state index contributed by atoms with van der Waals surface area (Å²) >= 11 is 11.7. The van der Waals surface area contributed by atoms with Crippen molar-refractivity contribution in [3.05, 3.63) is 52.3 Å². The average Bonchev–Trinajstić information content (AvgIpc) is 2.74. The number of amides is 2. The van der Waals surface area contributed by atoms with Crippen LogP contribution in [0, 0.1) is 0 Å². The first-order valence-electron chi connectivity index (χ1n) is 9.31. The third-order valence-corrected chi connectivity index (χ3v) is 5.26. The fraction of sp³-hybridized carbons (Fsp3) is 0.350. The number of benzene rings is 1. The molecule has 0 atom stereocenters. The molecule has 1 fully saturated rings. The van der Waals surface area contributed by atoms with Gasteiger partial charge in [-0.15, -0.1) is 0 Å². The summed E-state index contributed by atoms with van der Waals surface area (Å²) in [5.74, 6) is -0.622. The van der Waals surface area contributed by atoms with Gasteiger partial charge in [0.25, 0.3) is 5.91 Å². The SMILES string of the molecule is CCN(CC(=O)Nc1ccc(N2CCOCC2)cc1)C(=O)c1cnc(Cl)c(Cl)c1. The van der Waals surface area contributed by atoms with Gasteiger partial charge < -0.3 is 19.9 Å². The Bertz CT molecular complexity index is 871. The summed E-state index contributed by atoms with van der Waals surface area (Å²) in [6.07, 6.45) is 1.35. The summed E-state index contributed by atoms with van der Waals surface area (Å²) in [5, 5.41) is 3.15. The van der Waals surface area contributed by atoms with Crippen molar-refractivity contribution in [3.63, 3.8) is 0 Å². The minimum Gasteiger partial charge on any atom is -0.378 e. The highest BCUT2D eigenvalue weighted by Gasteiger charge is 2.19. The number of nitrogens with zero attached hydrogens (tertiary/aromatic N) is 3. The van der Waals surface area contributed by atoms with Crippen molar-refractivity contribution >= 4 is 46.4 Å². The molecule has 7 nitrogen and oxygen atoms in total. The van der Waals surface area contributed by atoms with Crippen molar-refractivity contribution in [2.75, 3.05) is 49.6 Å². The number of halogens is 2. The number of carbonyl (C=O) groups is 2. The van der Waals surface area contributed by atoms with Crippen molar-refractivity contribution in [2.24, 2.45) is 0 Å². The molecular weight excluding hydrogens is 415 g/mol. The van der Waals surface area contributed by atoms with Crippen LogP contribution in [0.4, 0.5) is 11.4 Å². The molecule has 0 spiro atoms. The summed E-state index contributed by atoms with van der Waals surface area (Å²) in [5.41, 5.74) is 2.04. The molecule has 2 aromatic rings. The van der Waals surface area contributed by atoms with Crippen molar-refractivity contribution in [1.82, 2.24) is 9.88 Å². The molecule has 1 aliphatic heterocycles. The number of likely N-dealkylation sites (N-methyl/N-ethyl adjacent to an activating group) is 1. The Labute approximate surface area is 179 Å². The second-order valence-corrected chi connectivity index (χ2v) is 7.28. The zero-order valence-corrected chi connectivity index (χ0v) is 17.5. The van der Waals surface area contributed by atoms with E-state index in [4.69, 9.17) is 27.9 Å². The normalized spacial score (nSPS) is 13.8. The van der Waals surface area contributed by atoms with Gasteiger partial charge in [-0.05, 0) is 37.3 Å². The van der Waals surface area contributed by atoms with Crippen molar-refractivity contribution < 1.29 is 14.3 Å². The monoisotopic (exact) mass is 436 g/mol. The van der Waals surface area contributed by atoms with Crippen LogP contribution < -0.4 is 10.2 Å².